The number of nitrogens with zero attached hydrogens (tertiary/aromatic N) is 3. The molecule has 2 aromatic carbocycles. The van der Waals surface area contributed by atoms with Gasteiger partial charge in [-0.25, -0.2) is 4.79 Å². The molecule has 0 N–H and O–H groups in total. The number of hydrogen-bond donors (Lipinski definition) is 0. The summed E-state index contributed by atoms with van der Waals surface area (Å²) in [7, 11) is 3.48. The number of aryl methyl sites for hydroxylation is 2. The summed E-state index contributed by atoms with van der Waals surface area (Å²) in [5, 5.41) is 0. The first kappa shape index (κ1) is 18.2. The molecule has 136 valence electrons. The maximum atomic E-state index is 12.9. The second-order valence-electron chi connectivity index (χ2n) is 6.15. The molecule has 27 heavy (non-hydrogen) atoms. The van der Waals surface area contributed by atoms with Crippen LogP contribution in [0.4, 0.5) is 5.69 Å². The van der Waals surface area contributed by atoms with Gasteiger partial charge in [-0.05, 0) is 42.0 Å². The Morgan fingerprint density at radius 2 is 1.78 bits per heavy atom. The number of carbonyl (C=O) groups excluding carboxylic acids is 1. The molecular formula is C19H14BrN3O2S2. The highest BCUT2D eigenvalue weighted by molar-refractivity contribution is 9.10. The first-order valence-electron chi connectivity index (χ1n) is 8.06. The Balaban J connectivity index is 1.74. The molecule has 0 atom stereocenters. The number of aromatic nitrogens is 2. The van der Waals surface area contributed by atoms with E-state index in [2.05, 4.69) is 15.9 Å². The van der Waals surface area contributed by atoms with Crippen molar-refractivity contribution in [2.75, 3.05) is 4.90 Å². The zero-order valence-electron chi connectivity index (χ0n) is 14.5. The standard InChI is InChI=1S/C19H14BrN3O2S2/c1-21-14-7-6-11(8-15(14)22(2)18(21)25)9-16-17(24)23(19(26)27-16)13-5-3-4-12(20)10-13/h3-10H,1-2H3. The van der Waals surface area contributed by atoms with Gasteiger partial charge in [-0.2, -0.15) is 0 Å². The lowest BCUT2D eigenvalue weighted by Crippen LogP contribution is -2.27. The van der Waals surface area contributed by atoms with Crippen LogP contribution in [0.5, 0.6) is 0 Å². The summed E-state index contributed by atoms with van der Waals surface area (Å²) in [6.07, 6.45) is 1.81. The van der Waals surface area contributed by atoms with Crippen LogP contribution >= 0.6 is 39.9 Å². The lowest BCUT2D eigenvalue weighted by Gasteiger charge is -2.14. The van der Waals surface area contributed by atoms with E-state index in [1.165, 1.54) is 16.7 Å². The van der Waals surface area contributed by atoms with Gasteiger partial charge < -0.3 is 0 Å². The fraction of sp³-hybridized carbons (Fsp3) is 0.105. The number of benzene rings is 2. The van der Waals surface area contributed by atoms with Crippen molar-refractivity contribution < 1.29 is 4.79 Å². The highest BCUT2D eigenvalue weighted by Crippen LogP contribution is 2.36. The Bertz CT molecular complexity index is 1210. The van der Waals surface area contributed by atoms with E-state index in [1.54, 1.807) is 23.2 Å². The van der Waals surface area contributed by atoms with Gasteiger partial charge >= 0.3 is 5.69 Å². The topological polar surface area (TPSA) is 47.2 Å². The summed E-state index contributed by atoms with van der Waals surface area (Å²) in [5.41, 5.74) is 3.16. The number of thiocarbonyl (C=S) groups is 1. The molecular weight excluding hydrogens is 446 g/mol. The number of thioether (sulfide) groups is 1. The Morgan fingerprint density at radius 3 is 2.52 bits per heavy atom. The van der Waals surface area contributed by atoms with Gasteiger partial charge in [0.05, 0.1) is 21.6 Å². The molecule has 1 amide bonds. The predicted molar refractivity (Wildman–Crippen MR) is 118 cm³/mol. The summed E-state index contributed by atoms with van der Waals surface area (Å²) in [5.74, 6) is -0.148. The predicted octanol–water partition coefficient (Wildman–Crippen LogP) is 4.05. The molecule has 0 unspecified atom stereocenters. The average molecular weight is 460 g/mol. The minimum Gasteiger partial charge on any atom is -0.295 e. The second kappa shape index (κ2) is 6.78. The van der Waals surface area contributed by atoms with Crippen molar-refractivity contribution >= 4 is 72.9 Å². The zero-order chi connectivity index (χ0) is 19.3. The van der Waals surface area contributed by atoms with Crippen LogP contribution < -0.4 is 10.6 Å². The Hall–Kier alpha value is -2.16. The van der Waals surface area contributed by atoms with Crippen molar-refractivity contribution in [3.63, 3.8) is 0 Å². The Morgan fingerprint density at radius 1 is 1.04 bits per heavy atom. The largest absolute Gasteiger partial charge is 0.328 e. The average Bonchev–Trinajstić information content (AvgIpc) is 3.03. The van der Waals surface area contributed by atoms with Crippen molar-refractivity contribution in [1.82, 2.24) is 9.13 Å². The van der Waals surface area contributed by atoms with Crippen molar-refractivity contribution in [2.24, 2.45) is 14.1 Å². The van der Waals surface area contributed by atoms with E-state index < -0.39 is 0 Å². The maximum Gasteiger partial charge on any atom is 0.328 e. The van der Waals surface area contributed by atoms with Crippen LogP contribution in [0.2, 0.25) is 0 Å². The molecule has 1 aliphatic rings. The molecule has 1 fully saturated rings. The number of imidazole rings is 1. The van der Waals surface area contributed by atoms with Gasteiger partial charge in [-0.3, -0.25) is 18.8 Å². The lowest BCUT2D eigenvalue weighted by atomic mass is 10.1. The van der Waals surface area contributed by atoms with E-state index in [1.807, 2.05) is 48.5 Å². The van der Waals surface area contributed by atoms with E-state index in [0.29, 0.717) is 9.23 Å². The normalized spacial score (nSPS) is 16.1. The number of fused-ring (bicyclic) bond motifs is 1. The van der Waals surface area contributed by atoms with E-state index in [0.717, 1.165) is 26.8 Å². The summed E-state index contributed by atoms with van der Waals surface area (Å²) in [6, 6.07) is 13.2. The van der Waals surface area contributed by atoms with E-state index in [4.69, 9.17) is 12.2 Å². The minimum atomic E-state index is -0.148. The van der Waals surface area contributed by atoms with Gasteiger partial charge in [0.2, 0.25) is 0 Å². The van der Waals surface area contributed by atoms with E-state index in [-0.39, 0.29) is 11.6 Å². The summed E-state index contributed by atoms with van der Waals surface area (Å²) in [4.78, 5) is 27.1. The monoisotopic (exact) mass is 459 g/mol. The molecule has 0 bridgehead atoms. The van der Waals surface area contributed by atoms with E-state index in [9.17, 15) is 9.59 Å². The van der Waals surface area contributed by atoms with Crippen LogP contribution in [0.25, 0.3) is 17.1 Å². The molecule has 1 aromatic heterocycles. The first-order chi connectivity index (χ1) is 12.9. The lowest BCUT2D eigenvalue weighted by molar-refractivity contribution is -0.113. The van der Waals surface area contributed by atoms with Crippen molar-refractivity contribution in [3.8, 4) is 0 Å². The molecule has 0 spiro atoms. The van der Waals surface area contributed by atoms with Crippen molar-refractivity contribution in [1.29, 1.82) is 0 Å². The zero-order valence-corrected chi connectivity index (χ0v) is 17.7. The Kier molecular flexibility index (Phi) is 4.57. The van der Waals surface area contributed by atoms with E-state index >= 15 is 0 Å². The Labute approximate surface area is 173 Å². The number of anilines is 1. The fourth-order valence-corrected chi connectivity index (χ4v) is 4.76. The number of hydrogen-bond acceptors (Lipinski definition) is 4. The van der Waals surface area contributed by atoms with Crippen molar-refractivity contribution in [3.05, 3.63) is 67.9 Å². The highest BCUT2D eigenvalue weighted by Gasteiger charge is 2.33. The quantitative estimate of drug-likeness (QED) is 0.428. The number of amides is 1. The van der Waals surface area contributed by atoms with Gasteiger partial charge in [-0.1, -0.05) is 52.0 Å². The third-order valence-electron chi connectivity index (χ3n) is 4.45. The molecule has 5 nitrogen and oxygen atoms in total. The van der Waals surface area contributed by atoms with Gasteiger partial charge in [0.25, 0.3) is 5.91 Å². The highest BCUT2D eigenvalue weighted by atomic mass is 79.9. The van der Waals surface area contributed by atoms with Gasteiger partial charge in [-0.15, -0.1) is 0 Å². The molecule has 0 saturated carbocycles. The molecule has 0 aliphatic carbocycles. The molecule has 3 aromatic rings. The second-order valence-corrected chi connectivity index (χ2v) is 8.74. The molecule has 4 rings (SSSR count). The molecule has 0 radical (unpaired) electrons. The maximum absolute atomic E-state index is 12.9. The van der Waals surface area contributed by atoms with Crippen LogP contribution in [0, 0.1) is 0 Å². The first-order valence-corrected chi connectivity index (χ1v) is 10.1. The molecule has 8 heteroatoms. The van der Waals surface area contributed by atoms with Gasteiger partial charge in [0, 0.05) is 18.6 Å². The van der Waals surface area contributed by atoms with Crippen LogP contribution in [0.15, 0.2) is 56.6 Å². The molecule has 1 saturated heterocycles. The summed E-state index contributed by atoms with van der Waals surface area (Å²) < 4.78 is 4.58. The number of rotatable bonds is 2. The minimum absolute atomic E-state index is 0.0804. The third-order valence-corrected chi connectivity index (χ3v) is 6.25. The molecule has 1 aliphatic heterocycles. The summed E-state index contributed by atoms with van der Waals surface area (Å²) >= 11 is 10.1. The SMILES string of the molecule is Cn1c(=O)n(C)c2cc(C=C3SC(=S)N(c4cccc(Br)c4)C3=O)ccc21. The smallest absolute Gasteiger partial charge is 0.295 e. The third kappa shape index (κ3) is 3.07. The summed E-state index contributed by atoms with van der Waals surface area (Å²) in [6.45, 7) is 0. The molecule has 2 heterocycles. The number of carbonyl (C=O) groups is 1. The van der Waals surface area contributed by atoms with Crippen LogP contribution in [-0.2, 0) is 18.9 Å². The van der Waals surface area contributed by atoms with Crippen molar-refractivity contribution in [2.45, 2.75) is 0 Å². The fourth-order valence-electron chi connectivity index (χ4n) is 3.07. The van der Waals surface area contributed by atoms with Crippen LogP contribution in [0.3, 0.4) is 0 Å². The number of halogens is 1. The van der Waals surface area contributed by atoms with Crippen LogP contribution in [0.1, 0.15) is 5.56 Å². The van der Waals surface area contributed by atoms with Gasteiger partial charge in [0.1, 0.15) is 0 Å². The van der Waals surface area contributed by atoms with Gasteiger partial charge in [0.15, 0.2) is 4.32 Å². The van der Waals surface area contributed by atoms with Crippen LogP contribution in [-0.4, -0.2) is 19.4 Å².